The van der Waals surface area contributed by atoms with Crippen LogP contribution in [-0.2, 0) is 15.8 Å². The van der Waals surface area contributed by atoms with E-state index in [2.05, 4.69) is 10.6 Å². The molecule has 0 bridgehead atoms. The largest absolute Gasteiger partial charge is 0.418 e. The molecule has 0 aromatic heterocycles. The van der Waals surface area contributed by atoms with E-state index in [1.807, 2.05) is 0 Å². The van der Waals surface area contributed by atoms with E-state index in [9.17, 15) is 27.6 Å². The molecule has 2 aromatic rings. The standard InChI is InChI=1S/C20H20F3N3O3/c1-13(27)14-7-9-15(10-8-14)24-18(28)11-26(2)12-19(29)25-17-6-4-3-5-16(17)20(21,22)23/h3-10H,11-12H2,1-2H3,(H,24,28)(H,25,29). The lowest BCUT2D eigenvalue weighted by atomic mass is 10.1. The van der Waals surface area contributed by atoms with Gasteiger partial charge in [0.1, 0.15) is 0 Å². The summed E-state index contributed by atoms with van der Waals surface area (Å²) in [7, 11) is 1.49. The van der Waals surface area contributed by atoms with Crippen LogP contribution in [0.3, 0.4) is 0 Å². The first-order valence-electron chi connectivity index (χ1n) is 8.61. The molecule has 0 radical (unpaired) electrons. The van der Waals surface area contributed by atoms with E-state index < -0.39 is 23.6 Å². The lowest BCUT2D eigenvalue weighted by Crippen LogP contribution is -2.36. The van der Waals surface area contributed by atoms with Crippen LogP contribution in [0.4, 0.5) is 24.5 Å². The smallest absolute Gasteiger partial charge is 0.325 e. The molecular weight excluding hydrogens is 387 g/mol. The molecule has 0 saturated heterocycles. The number of ketones is 1. The highest BCUT2D eigenvalue weighted by Crippen LogP contribution is 2.34. The number of rotatable bonds is 7. The van der Waals surface area contributed by atoms with Gasteiger partial charge in [0.25, 0.3) is 0 Å². The Bertz CT molecular complexity index is 896. The number of anilines is 2. The molecule has 0 atom stereocenters. The molecule has 2 rings (SSSR count). The van der Waals surface area contributed by atoms with Gasteiger partial charge in [-0.1, -0.05) is 12.1 Å². The van der Waals surface area contributed by atoms with Gasteiger partial charge in [-0.15, -0.1) is 0 Å². The Morgan fingerprint density at radius 3 is 2.00 bits per heavy atom. The van der Waals surface area contributed by atoms with Gasteiger partial charge in [-0.2, -0.15) is 13.2 Å². The number of hydrogen-bond donors (Lipinski definition) is 2. The van der Waals surface area contributed by atoms with Gasteiger partial charge < -0.3 is 10.6 Å². The zero-order valence-corrected chi connectivity index (χ0v) is 15.8. The van der Waals surface area contributed by atoms with Crippen LogP contribution >= 0.6 is 0 Å². The summed E-state index contributed by atoms with van der Waals surface area (Å²) in [5.41, 5.74) is -0.288. The Kier molecular flexibility index (Phi) is 7.11. The lowest BCUT2D eigenvalue weighted by Gasteiger charge is -2.17. The zero-order valence-electron chi connectivity index (χ0n) is 15.8. The van der Waals surface area contributed by atoms with Crippen LogP contribution in [0, 0.1) is 0 Å². The van der Waals surface area contributed by atoms with Gasteiger partial charge in [-0.05, 0) is 50.4 Å². The molecule has 0 fully saturated rings. The molecule has 2 amide bonds. The minimum absolute atomic E-state index is 0.0966. The molecule has 2 N–H and O–H groups in total. The second kappa shape index (κ2) is 9.33. The maximum atomic E-state index is 13.0. The predicted octanol–water partition coefficient (Wildman–Crippen LogP) is 3.42. The van der Waals surface area contributed by atoms with Crippen LogP contribution in [0.1, 0.15) is 22.8 Å². The van der Waals surface area contributed by atoms with E-state index in [1.165, 1.54) is 31.0 Å². The number of likely N-dealkylation sites (N-methyl/N-ethyl adjacent to an activating group) is 1. The van der Waals surface area contributed by atoms with Crippen molar-refractivity contribution < 1.29 is 27.6 Å². The summed E-state index contributed by atoms with van der Waals surface area (Å²) in [5.74, 6) is -1.19. The monoisotopic (exact) mass is 407 g/mol. The number of hydrogen-bond acceptors (Lipinski definition) is 4. The maximum Gasteiger partial charge on any atom is 0.418 e. The fourth-order valence-corrected chi connectivity index (χ4v) is 2.56. The summed E-state index contributed by atoms with van der Waals surface area (Å²) in [6.45, 7) is 1.01. The number of nitrogens with one attached hydrogen (secondary N) is 2. The molecule has 0 spiro atoms. The number of carbonyl (C=O) groups excluding carboxylic acids is 3. The number of Topliss-reactive ketones (excluding diaryl/α,β-unsaturated/α-hetero) is 1. The van der Waals surface area contributed by atoms with Gasteiger partial charge in [0.2, 0.25) is 11.8 Å². The van der Waals surface area contributed by atoms with Gasteiger partial charge in [-0.25, -0.2) is 0 Å². The number of alkyl halides is 3. The fourth-order valence-electron chi connectivity index (χ4n) is 2.56. The van der Waals surface area contributed by atoms with Crippen molar-refractivity contribution >= 4 is 29.0 Å². The average Bonchev–Trinajstić information content (AvgIpc) is 2.61. The third kappa shape index (κ3) is 6.72. The van der Waals surface area contributed by atoms with Gasteiger partial charge in [-0.3, -0.25) is 19.3 Å². The van der Waals surface area contributed by atoms with Crippen molar-refractivity contribution in [2.75, 3.05) is 30.8 Å². The van der Waals surface area contributed by atoms with Crippen molar-refractivity contribution in [1.29, 1.82) is 0 Å². The predicted molar refractivity (Wildman–Crippen MR) is 103 cm³/mol. The maximum absolute atomic E-state index is 13.0. The Morgan fingerprint density at radius 2 is 1.45 bits per heavy atom. The Hall–Kier alpha value is -3.20. The van der Waals surface area contributed by atoms with Crippen LogP contribution < -0.4 is 10.6 Å². The SMILES string of the molecule is CC(=O)c1ccc(NC(=O)CN(C)CC(=O)Nc2ccccc2C(F)(F)F)cc1. The van der Waals surface area contributed by atoms with E-state index in [0.717, 1.165) is 12.1 Å². The number of nitrogens with zero attached hydrogens (tertiary/aromatic N) is 1. The molecule has 0 unspecified atom stereocenters. The Morgan fingerprint density at radius 1 is 0.897 bits per heavy atom. The van der Waals surface area contributed by atoms with Crippen LogP contribution in [0.2, 0.25) is 0 Å². The molecule has 0 aliphatic carbocycles. The highest BCUT2D eigenvalue weighted by molar-refractivity contribution is 5.96. The summed E-state index contributed by atoms with van der Waals surface area (Å²) >= 11 is 0. The van der Waals surface area contributed by atoms with Gasteiger partial charge in [0.15, 0.2) is 5.78 Å². The molecule has 6 nitrogen and oxygen atoms in total. The number of para-hydroxylation sites is 1. The van der Waals surface area contributed by atoms with Crippen molar-refractivity contribution in [3.63, 3.8) is 0 Å². The van der Waals surface area contributed by atoms with E-state index in [0.29, 0.717) is 11.3 Å². The van der Waals surface area contributed by atoms with Crippen LogP contribution in [0.5, 0.6) is 0 Å². The Balaban J connectivity index is 1.88. The second-order valence-electron chi connectivity index (χ2n) is 6.45. The molecule has 29 heavy (non-hydrogen) atoms. The molecule has 0 saturated carbocycles. The van der Waals surface area contributed by atoms with E-state index in [4.69, 9.17) is 0 Å². The van der Waals surface area contributed by atoms with E-state index >= 15 is 0 Å². The first kappa shape index (κ1) is 22.1. The quantitative estimate of drug-likeness (QED) is 0.690. The van der Waals surface area contributed by atoms with E-state index in [-0.39, 0.29) is 24.6 Å². The van der Waals surface area contributed by atoms with Gasteiger partial charge in [0, 0.05) is 11.3 Å². The van der Waals surface area contributed by atoms with Gasteiger partial charge in [0.05, 0.1) is 24.3 Å². The molecule has 0 aliphatic heterocycles. The van der Waals surface area contributed by atoms with Crippen molar-refractivity contribution in [3.05, 3.63) is 59.7 Å². The summed E-state index contributed by atoms with van der Waals surface area (Å²) in [6.07, 6.45) is -4.59. The third-order valence-electron chi connectivity index (χ3n) is 3.91. The first-order chi connectivity index (χ1) is 13.6. The van der Waals surface area contributed by atoms with E-state index in [1.54, 1.807) is 24.3 Å². The van der Waals surface area contributed by atoms with Gasteiger partial charge >= 0.3 is 6.18 Å². The fraction of sp³-hybridized carbons (Fsp3) is 0.250. The molecule has 0 aliphatic rings. The summed E-state index contributed by atoms with van der Waals surface area (Å²) in [5, 5.41) is 4.84. The van der Waals surface area contributed by atoms with Crippen molar-refractivity contribution in [2.45, 2.75) is 13.1 Å². The summed E-state index contributed by atoms with van der Waals surface area (Å²) in [6, 6.07) is 11.0. The molecule has 0 heterocycles. The molecule has 2 aromatic carbocycles. The van der Waals surface area contributed by atoms with Crippen LogP contribution in [0.25, 0.3) is 0 Å². The average molecular weight is 407 g/mol. The number of carbonyl (C=O) groups is 3. The number of amides is 2. The third-order valence-corrected chi connectivity index (χ3v) is 3.91. The van der Waals surface area contributed by atoms with Crippen molar-refractivity contribution in [2.24, 2.45) is 0 Å². The van der Waals surface area contributed by atoms with Crippen molar-refractivity contribution in [1.82, 2.24) is 4.90 Å². The van der Waals surface area contributed by atoms with Crippen LogP contribution in [0.15, 0.2) is 48.5 Å². The first-order valence-corrected chi connectivity index (χ1v) is 8.61. The summed E-state index contributed by atoms with van der Waals surface area (Å²) < 4.78 is 38.9. The Labute approximate surface area is 165 Å². The molecule has 9 heteroatoms. The highest BCUT2D eigenvalue weighted by atomic mass is 19.4. The minimum atomic E-state index is -4.59. The zero-order chi connectivity index (χ0) is 21.6. The number of halogens is 3. The topological polar surface area (TPSA) is 78.5 Å². The number of benzene rings is 2. The highest BCUT2D eigenvalue weighted by Gasteiger charge is 2.33. The molecule has 154 valence electrons. The minimum Gasteiger partial charge on any atom is -0.325 e. The van der Waals surface area contributed by atoms with Crippen molar-refractivity contribution in [3.8, 4) is 0 Å². The lowest BCUT2D eigenvalue weighted by molar-refractivity contribution is -0.137. The van der Waals surface area contributed by atoms with Crippen LogP contribution in [-0.4, -0.2) is 42.6 Å². The normalized spacial score (nSPS) is 11.2. The molecular formula is C20H20F3N3O3. The summed E-state index contributed by atoms with van der Waals surface area (Å²) in [4.78, 5) is 36.7. The second-order valence-corrected chi connectivity index (χ2v) is 6.45.